The lowest BCUT2D eigenvalue weighted by Crippen LogP contribution is -2.07. The highest BCUT2D eigenvalue weighted by Gasteiger charge is 2.17. The van der Waals surface area contributed by atoms with Crippen LogP contribution < -0.4 is 0 Å². The van der Waals surface area contributed by atoms with Gasteiger partial charge < -0.3 is 0 Å². The van der Waals surface area contributed by atoms with Gasteiger partial charge >= 0.3 is 0 Å². The van der Waals surface area contributed by atoms with E-state index < -0.39 is 0 Å². The second-order valence-corrected chi connectivity index (χ2v) is 4.04. The summed E-state index contributed by atoms with van der Waals surface area (Å²) < 4.78 is 0. The van der Waals surface area contributed by atoms with Crippen LogP contribution in [0.4, 0.5) is 0 Å². The van der Waals surface area contributed by atoms with Crippen molar-refractivity contribution in [2.45, 2.75) is 33.1 Å². The Hall–Kier alpha value is -0.560. The maximum absolute atomic E-state index is 6.08. The van der Waals surface area contributed by atoms with Crippen molar-refractivity contribution in [3.63, 3.8) is 0 Å². The second kappa shape index (κ2) is 4.61. The zero-order valence-corrected chi connectivity index (χ0v) is 9.17. The number of nitrogens with zero attached hydrogens (tertiary/aromatic N) is 1. The van der Waals surface area contributed by atoms with E-state index in [1.165, 1.54) is 0 Å². The SMILES string of the molecule is CCC(c1ncccc1Cl)C(C)C. The summed E-state index contributed by atoms with van der Waals surface area (Å²) in [5.41, 5.74) is 1.04. The quantitative estimate of drug-likeness (QED) is 0.717. The van der Waals surface area contributed by atoms with Crippen LogP contribution in [0.15, 0.2) is 18.3 Å². The van der Waals surface area contributed by atoms with Gasteiger partial charge in [0.1, 0.15) is 0 Å². The molecule has 13 heavy (non-hydrogen) atoms. The number of pyridine rings is 1. The highest BCUT2D eigenvalue weighted by Crippen LogP contribution is 2.30. The first-order chi connectivity index (χ1) is 6.16. The molecule has 0 saturated heterocycles. The molecule has 0 N–H and O–H groups in total. The zero-order valence-electron chi connectivity index (χ0n) is 8.42. The van der Waals surface area contributed by atoms with E-state index in [1.807, 2.05) is 18.3 Å². The van der Waals surface area contributed by atoms with E-state index in [4.69, 9.17) is 11.6 Å². The summed E-state index contributed by atoms with van der Waals surface area (Å²) >= 11 is 6.08. The maximum Gasteiger partial charge on any atom is 0.0624 e. The van der Waals surface area contributed by atoms with Crippen LogP contribution in [0.2, 0.25) is 5.02 Å². The Morgan fingerprint density at radius 2 is 2.15 bits per heavy atom. The van der Waals surface area contributed by atoms with Gasteiger partial charge in [0.2, 0.25) is 0 Å². The molecule has 1 nitrogen and oxygen atoms in total. The van der Waals surface area contributed by atoms with Crippen LogP contribution in [0.3, 0.4) is 0 Å². The van der Waals surface area contributed by atoms with Crippen LogP contribution in [0.5, 0.6) is 0 Å². The van der Waals surface area contributed by atoms with Gasteiger partial charge in [-0.3, -0.25) is 4.98 Å². The number of hydrogen-bond acceptors (Lipinski definition) is 1. The van der Waals surface area contributed by atoms with Crippen LogP contribution in [-0.2, 0) is 0 Å². The molecule has 0 aliphatic carbocycles. The summed E-state index contributed by atoms with van der Waals surface area (Å²) in [5, 5.41) is 0.794. The van der Waals surface area contributed by atoms with Crippen molar-refractivity contribution in [2.75, 3.05) is 0 Å². The molecule has 2 heteroatoms. The van der Waals surface area contributed by atoms with E-state index in [0.717, 1.165) is 17.1 Å². The number of halogens is 1. The minimum atomic E-state index is 0.480. The first-order valence-electron chi connectivity index (χ1n) is 4.77. The highest BCUT2D eigenvalue weighted by atomic mass is 35.5. The van der Waals surface area contributed by atoms with Crippen molar-refractivity contribution in [3.8, 4) is 0 Å². The second-order valence-electron chi connectivity index (χ2n) is 3.63. The van der Waals surface area contributed by atoms with Crippen LogP contribution in [0, 0.1) is 5.92 Å². The summed E-state index contributed by atoms with van der Waals surface area (Å²) in [4.78, 5) is 4.34. The van der Waals surface area contributed by atoms with Crippen molar-refractivity contribution in [1.29, 1.82) is 0 Å². The minimum Gasteiger partial charge on any atom is -0.259 e. The fourth-order valence-corrected chi connectivity index (χ4v) is 1.91. The van der Waals surface area contributed by atoms with Gasteiger partial charge in [0.25, 0.3) is 0 Å². The van der Waals surface area contributed by atoms with Gasteiger partial charge in [0.15, 0.2) is 0 Å². The third-order valence-corrected chi connectivity index (χ3v) is 2.70. The molecule has 0 spiro atoms. The van der Waals surface area contributed by atoms with Crippen LogP contribution in [0.1, 0.15) is 38.8 Å². The Labute approximate surface area is 85.1 Å². The molecule has 0 aromatic carbocycles. The minimum absolute atomic E-state index is 0.480. The van der Waals surface area contributed by atoms with Crippen LogP contribution in [-0.4, -0.2) is 4.98 Å². The van der Waals surface area contributed by atoms with Gasteiger partial charge in [-0.25, -0.2) is 0 Å². The first kappa shape index (κ1) is 10.5. The summed E-state index contributed by atoms with van der Waals surface area (Å²) in [6.07, 6.45) is 2.90. The molecule has 72 valence electrons. The lowest BCUT2D eigenvalue weighted by molar-refractivity contribution is 0.475. The Kier molecular flexibility index (Phi) is 3.73. The van der Waals surface area contributed by atoms with Crippen molar-refractivity contribution in [3.05, 3.63) is 29.0 Å². The summed E-state index contributed by atoms with van der Waals surface area (Å²) in [6, 6.07) is 3.79. The predicted octanol–water partition coefficient (Wildman–Crippen LogP) is 3.88. The van der Waals surface area contributed by atoms with E-state index in [1.54, 1.807) is 0 Å². The molecule has 0 amide bonds. The largest absolute Gasteiger partial charge is 0.259 e. The molecule has 1 heterocycles. The molecule has 1 aromatic rings. The number of hydrogen-bond donors (Lipinski definition) is 0. The lowest BCUT2D eigenvalue weighted by Gasteiger charge is -2.19. The fourth-order valence-electron chi connectivity index (χ4n) is 1.65. The number of rotatable bonds is 3. The maximum atomic E-state index is 6.08. The van der Waals surface area contributed by atoms with Crippen molar-refractivity contribution in [1.82, 2.24) is 4.98 Å². The Bertz CT molecular complexity index is 271. The molecule has 0 bridgehead atoms. The van der Waals surface area contributed by atoms with E-state index in [0.29, 0.717) is 11.8 Å². The third-order valence-electron chi connectivity index (χ3n) is 2.38. The summed E-state index contributed by atoms with van der Waals surface area (Å²) in [6.45, 7) is 6.59. The molecule has 0 saturated carbocycles. The van der Waals surface area contributed by atoms with E-state index >= 15 is 0 Å². The highest BCUT2D eigenvalue weighted by molar-refractivity contribution is 6.31. The van der Waals surface area contributed by atoms with Crippen molar-refractivity contribution >= 4 is 11.6 Å². The van der Waals surface area contributed by atoms with Gasteiger partial charge in [0, 0.05) is 12.1 Å². The lowest BCUT2D eigenvalue weighted by atomic mass is 9.90. The van der Waals surface area contributed by atoms with Gasteiger partial charge in [-0.05, 0) is 24.5 Å². The Balaban J connectivity index is 2.97. The van der Waals surface area contributed by atoms with Gasteiger partial charge in [-0.1, -0.05) is 32.4 Å². The predicted molar refractivity (Wildman–Crippen MR) is 57.1 cm³/mol. The molecule has 0 radical (unpaired) electrons. The molecule has 1 atom stereocenters. The fraction of sp³-hybridized carbons (Fsp3) is 0.545. The van der Waals surface area contributed by atoms with Crippen molar-refractivity contribution in [2.24, 2.45) is 5.92 Å². The molecule has 0 fully saturated rings. The standard InChI is InChI=1S/C11H16ClN/c1-4-9(8(2)3)11-10(12)6-5-7-13-11/h5-9H,4H2,1-3H3. The summed E-state index contributed by atoms with van der Waals surface area (Å²) in [5.74, 6) is 1.08. The third kappa shape index (κ3) is 2.44. The van der Waals surface area contributed by atoms with E-state index in [2.05, 4.69) is 25.8 Å². The molecule has 1 unspecified atom stereocenters. The molecule has 0 aliphatic heterocycles. The number of aromatic nitrogens is 1. The summed E-state index contributed by atoms with van der Waals surface area (Å²) in [7, 11) is 0. The van der Waals surface area contributed by atoms with Crippen molar-refractivity contribution < 1.29 is 0 Å². The van der Waals surface area contributed by atoms with E-state index in [-0.39, 0.29) is 0 Å². The Morgan fingerprint density at radius 3 is 2.62 bits per heavy atom. The molecule has 0 aliphatic rings. The topological polar surface area (TPSA) is 12.9 Å². The normalized spacial score (nSPS) is 13.3. The van der Waals surface area contributed by atoms with Gasteiger partial charge in [-0.15, -0.1) is 0 Å². The monoisotopic (exact) mass is 197 g/mol. The molecular weight excluding hydrogens is 182 g/mol. The first-order valence-corrected chi connectivity index (χ1v) is 5.15. The average molecular weight is 198 g/mol. The van der Waals surface area contributed by atoms with Crippen LogP contribution >= 0.6 is 11.6 Å². The van der Waals surface area contributed by atoms with Crippen LogP contribution in [0.25, 0.3) is 0 Å². The van der Waals surface area contributed by atoms with Gasteiger partial charge in [0.05, 0.1) is 10.7 Å². The molecule has 1 aromatic heterocycles. The average Bonchev–Trinajstić information content (AvgIpc) is 2.09. The smallest absolute Gasteiger partial charge is 0.0624 e. The van der Waals surface area contributed by atoms with E-state index in [9.17, 15) is 0 Å². The molecule has 1 rings (SSSR count). The molecular formula is C11H16ClN. The zero-order chi connectivity index (χ0) is 9.84. The van der Waals surface area contributed by atoms with Gasteiger partial charge in [-0.2, -0.15) is 0 Å². The Morgan fingerprint density at radius 1 is 1.46 bits per heavy atom.